The van der Waals surface area contributed by atoms with Crippen LogP contribution in [-0.4, -0.2) is 6.61 Å². The minimum atomic E-state index is 0.492. The largest absolute Gasteiger partial charge is 0.494 e. The van der Waals surface area contributed by atoms with Crippen molar-refractivity contribution in [2.45, 2.75) is 52.4 Å². The fourth-order valence-electron chi connectivity index (χ4n) is 1.81. The standard InChI is InChI=1S/C17H24O/c1-4-6-8-14-18-17-12-10-16(11-13-17)15(3)9-7-5-2/h10-13,15H,4,6,8-9,14H2,1-3H3. The third kappa shape index (κ3) is 5.27. The van der Waals surface area contributed by atoms with E-state index in [4.69, 9.17) is 4.74 Å². The van der Waals surface area contributed by atoms with Crippen molar-refractivity contribution in [2.75, 3.05) is 6.61 Å². The molecule has 0 spiro atoms. The molecule has 0 aliphatic heterocycles. The number of unbranched alkanes of at least 4 members (excludes halogenated alkanes) is 2. The molecule has 0 aliphatic carbocycles. The molecule has 1 rings (SSSR count). The molecule has 0 saturated carbocycles. The molecule has 1 heteroatoms. The molecular weight excluding hydrogens is 220 g/mol. The predicted molar refractivity (Wildman–Crippen MR) is 77.9 cm³/mol. The van der Waals surface area contributed by atoms with Crippen molar-refractivity contribution in [2.24, 2.45) is 0 Å². The lowest BCUT2D eigenvalue weighted by Gasteiger charge is -2.10. The first-order valence-corrected chi connectivity index (χ1v) is 6.90. The quantitative estimate of drug-likeness (QED) is 0.496. The van der Waals surface area contributed by atoms with Crippen molar-refractivity contribution in [1.82, 2.24) is 0 Å². The lowest BCUT2D eigenvalue weighted by Crippen LogP contribution is -1.98. The normalized spacial score (nSPS) is 11.5. The minimum absolute atomic E-state index is 0.492. The number of ether oxygens (including phenoxy) is 1. The zero-order valence-corrected chi connectivity index (χ0v) is 11.8. The molecule has 0 fully saturated rings. The lowest BCUT2D eigenvalue weighted by molar-refractivity contribution is 0.306. The average Bonchev–Trinajstić information content (AvgIpc) is 2.41. The number of hydrogen-bond acceptors (Lipinski definition) is 1. The van der Waals surface area contributed by atoms with Gasteiger partial charge in [-0.3, -0.25) is 0 Å². The second-order valence-electron chi connectivity index (χ2n) is 4.66. The maximum atomic E-state index is 5.70. The van der Waals surface area contributed by atoms with Crippen LogP contribution in [0.5, 0.6) is 5.75 Å². The average molecular weight is 244 g/mol. The summed E-state index contributed by atoms with van der Waals surface area (Å²) in [6, 6.07) is 8.43. The van der Waals surface area contributed by atoms with E-state index in [1.54, 1.807) is 0 Å². The predicted octanol–water partition coefficient (Wildman–Crippen LogP) is 4.77. The maximum Gasteiger partial charge on any atom is 0.119 e. The summed E-state index contributed by atoms with van der Waals surface area (Å²) in [4.78, 5) is 0. The minimum Gasteiger partial charge on any atom is -0.494 e. The van der Waals surface area contributed by atoms with Gasteiger partial charge >= 0.3 is 0 Å². The van der Waals surface area contributed by atoms with Crippen LogP contribution in [0.3, 0.4) is 0 Å². The molecule has 0 aliphatic rings. The molecule has 0 amide bonds. The van der Waals surface area contributed by atoms with Gasteiger partial charge in [-0.25, -0.2) is 0 Å². The van der Waals surface area contributed by atoms with Gasteiger partial charge in [-0.2, -0.15) is 0 Å². The summed E-state index contributed by atoms with van der Waals surface area (Å²) < 4.78 is 5.70. The van der Waals surface area contributed by atoms with Gasteiger partial charge in [0.15, 0.2) is 0 Å². The number of hydrogen-bond donors (Lipinski definition) is 0. The van der Waals surface area contributed by atoms with Gasteiger partial charge in [-0.05, 0) is 37.0 Å². The Morgan fingerprint density at radius 2 is 1.89 bits per heavy atom. The molecule has 98 valence electrons. The van der Waals surface area contributed by atoms with Crippen molar-refractivity contribution >= 4 is 0 Å². The SMILES string of the molecule is CC#CCC(C)c1ccc(OCCCCC)cc1. The second-order valence-corrected chi connectivity index (χ2v) is 4.66. The maximum absolute atomic E-state index is 5.70. The molecule has 1 nitrogen and oxygen atoms in total. The summed E-state index contributed by atoms with van der Waals surface area (Å²) in [7, 11) is 0. The first-order chi connectivity index (χ1) is 8.77. The monoisotopic (exact) mass is 244 g/mol. The van der Waals surface area contributed by atoms with Crippen LogP contribution in [0.2, 0.25) is 0 Å². The van der Waals surface area contributed by atoms with Crippen LogP contribution in [0.25, 0.3) is 0 Å². The van der Waals surface area contributed by atoms with Crippen LogP contribution >= 0.6 is 0 Å². The molecule has 1 unspecified atom stereocenters. The highest BCUT2D eigenvalue weighted by atomic mass is 16.5. The molecule has 0 heterocycles. The Hall–Kier alpha value is -1.42. The first-order valence-electron chi connectivity index (χ1n) is 6.90. The molecular formula is C17H24O. The lowest BCUT2D eigenvalue weighted by atomic mass is 9.98. The van der Waals surface area contributed by atoms with Gasteiger partial charge in [0.2, 0.25) is 0 Å². The highest BCUT2D eigenvalue weighted by molar-refractivity contribution is 5.29. The van der Waals surface area contributed by atoms with Crippen LogP contribution < -0.4 is 4.74 Å². The van der Waals surface area contributed by atoms with Crippen LogP contribution in [-0.2, 0) is 0 Å². The molecule has 0 bridgehead atoms. The molecule has 1 aromatic rings. The Kier molecular flexibility index (Phi) is 7.03. The summed E-state index contributed by atoms with van der Waals surface area (Å²) in [5, 5.41) is 0. The molecule has 0 N–H and O–H groups in total. The van der Waals surface area contributed by atoms with E-state index < -0.39 is 0 Å². The zero-order valence-electron chi connectivity index (χ0n) is 11.8. The summed E-state index contributed by atoms with van der Waals surface area (Å²) >= 11 is 0. The Morgan fingerprint density at radius 3 is 2.50 bits per heavy atom. The fraction of sp³-hybridized carbons (Fsp3) is 0.529. The van der Waals surface area contributed by atoms with E-state index in [1.807, 2.05) is 6.92 Å². The van der Waals surface area contributed by atoms with Gasteiger partial charge in [-0.1, -0.05) is 38.8 Å². The van der Waals surface area contributed by atoms with Gasteiger partial charge in [-0.15, -0.1) is 11.8 Å². The number of rotatable bonds is 7. The van der Waals surface area contributed by atoms with Gasteiger partial charge in [0.1, 0.15) is 5.75 Å². The molecule has 0 saturated heterocycles. The topological polar surface area (TPSA) is 9.23 Å². The molecule has 1 aromatic carbocycles. The van der Waals surface area contributed by atoms with E-state index in [2.05, 4.69) is 50.0 Å². The third-order valence-electron chi connectivity index (χ3n) is 3.05. The Labute approximate surface area is 112 Å². The van der Waals surface area contributed by atoms with Crippen LogP contribution in [0.4, 0.5) is 0 Å². The highest BCUT2D eigenvalue weighted by Crippen LogP contribution is 2.21. The smallest absolute Gasteiger partial charge is 0.119 e. The zero-order chi connectivity index (χ0) is 13.2. The van der Waals surface area contributed by atoms with Crippen LogP contribution in [0.15, 0.2) is 24.3 Å². The van der Waals surface area contributed by atoms with E-state index in [0.29, 0.717) is 5.92 Å². The van der Waals surface area contributed by atoms with Gasteiger partial charge in [0, 0.05) is 6.42 Å². The van der Waals surface area contributed by atoms with Crippen molar-refractivity contribution in [3.63, 3.8) is 0 Å². The summed E-state index contributed by atoms with van der Waals surface area (Å²) in [5.74, 6) is 7.54. The summed E-state index contributed by atoms with van der Waals surface area (Å²) in [6.45, 7) is 7.13. The van der Waals surface area contributed by atoms with Crippen LogP contribution in [0, 0.1) is 11.8 Å². The second kappa shape index (κ2) is 8.64. The molecule has 0 radical (unpaired) electrons. The summed E-state index contributed by atoms with van der Waals surface area (Å²) in [6.07, 6.45) is 4.54. The van der Waals surface area contributed by atoms with E-state index in [9.17, 15) is 0 Å². The van der Waals surface area contributed by atoms with Crippen molar-refractivity contribution in [3.05, 3.63) is 29.8 Å². The van der Waals surface area contributed by atoms with Crippen molar-refractivity contribution < 1.29 is 4.74 Å². The van der Waals surface area contributed by atoms with E-state index in [-0.39, 0.29) is 0 Å². The molecule has 18 heavy (non-hydrogen) atoms. The van der Waals surface area contributed by atoms with Gasteiger partial charge in [0.05, 0.1) is 6.61 Å². The Bertz CT molecular complexity index is 380. The number of benzene rings is 1. The Morgan fingerprint density at radius 1 is 1.17 bits per heavy atom. The van der Waals surface area contributed by atoms with Gasteiger partial charge in [0.25, 0.3) is 0 Å². The van der Waals surface area contributed by atoms with E-state index >= 15 is 0 Å². The highest BCUT2D eigenvalue weighted by Gasteiger charge is 2.03. The molecule has 0 aromatic heterocycles. The molecule has 1 atom stereocenters. The van der Waals surface area contributed by atoms with E-state index in [0.717, 1.165) is 25.2 Å². The summed E-state index contributed by atoms with van der Waals surface area (Å²) in [5.41, 5.74) is 1.33. The third-order valence-corrected chi connectivity index (χ3v) is 3.05. The van der Waals surface area contributed by atoms with Crippen LogP contribution in [0.1, 0.15) is 57.9 Å². The van der Waals surface area contributed by atoms with Crippen molar-refractivity contribution in [3.8, 4) is 17.6 Å². The van der Waals surface area contributed by atoms with Gasteiger partial charge < -0.3 is 4.74 Å². The Balaban J connectivity index is 2.43. The van der Waals surface area contributed by atoms with Crippen molar-refractivity contribution in [1.29, 1.82) is 0 Å². The van der Waals surface area contributed by atoms with E-state index in [1.165, 1.54) is 18.4 Å². The first kappa shape index (κ1) is 14.6. The fourth-order valence-corrected chi connectivity index (χ4v) is 1.81.